The Morgan fingerprint density at radius 1 is 1.07 bits per heavy atom. The van der Waals surface area contributed by atoms with E-state index in [2.05, 4.69) is 19.8 Å². The van der Waals surface area contributed by atoms with Crippen molar-refractivity contribution in [3.63, 3.8) is 0 Å². The lowest BCUT2D eigenvalue weighted by Gasteiger charge is -2.09. The molecule has 29 heavy (non-hydrogen) atoms. The minimum absolute atomic E-state index is 0.0455. The molecule has 1 aromatic heterocycles. The van der Waals surface area contributed by atoms with Crippen molar-refractivity contribution in [2.75, 3.05) is 26.1 Å². The molecule has 0 bridgehead atoms. The first-order chi connectivity index (χ1) is 13.8. The molecule has 0 saturated carbocycles. The molecule has 0 radical (unpaired) electrons. The molecule has 0 spiro atoms. The number of carbonyl (C=O) groups is 4. The fourth-order valence-corrected chi connectivity index (χ4v) is 2.74. The molecule has 1 aromatic carbocycles. The Kier molecular flexibility index (Phi) is 7.61. The van der Waals surface area contributed by atoms with Crippen LogP contribution in [0.3, 0.4) is 0 Å². The topological polar surface area (TPSA) is 121 Å². The van der Waals surface area contributed by atoms with Crippen LogP contribution in [0, 0.1) is 6.92 Å². The summed E-state index contributed by atoms with van der Waals surface area (Å²) in [6.07, 6.45) is 2.64. The van der Waals surface area contributed by atoms with Gasteiger partial charge < -0.3 is 19.5 Å². The van der Waals surface area contributed by atoms with Crippen LogP contribution in [0.15, 0.2) is 29.7 Å². The van der Waals surface area contributed by atoms with E-state index in [9.17, 15) is 19.2 Å². The van der Waals surface area contributed by atoms with Gasteiger partial charge >= 0.3 is 17.9 Å². The van der Waals surface area contributed by atoms with Gasteiger partial charge in [-0.05, 0) is 31.2 Å². The molecule has 0 aliphatic heterocycles. The first kappa shape index (κ1) is 21.8. The number of hydrogen-bond donors (Lipinski definition) is 1. The van der Waals surface area contributed by atoms with Crippen LogP contribution in [0.1, 0.15) is 31.4 Å². The first-order valence-corrected chi connectivity index (χ1v) is 9.09. The molecular formula is C19H18N2O7S. The number of methoxy groups -OCH3 is 2. The molecule has 2 rings (SSSR count). The number of rotatable bonds is 7. The maximum Gasteiger partial charge on any atom is 0.337 e. The number of benzene rings is 1. The molecule has 1 heterocycles. The summed E-state index contributed by atoms with van der Waals surface area (Å²) in [5.74, 6) is -2.77. The van der Waals surface area contributed by atoms with E-state index in [1.54, 1.807) is 5.38 Å². The highest BCUT2D eigenvalue weighted by molar-refractivity contribution is 7.09. The third-order valence-electron chi connectivity index (χ3n) is 3.43. The lowest BCUT2D eigenvalue weighted by Crippen LogP contribution is -2.20. The van der Waals surface area contributed by atoms with Gasteiger partial charge in [0.05, 0.1) is 36.0 Å². The number of ether oxygens (including phenoxy) is 3. The summed E-state index contributed by atoms with van der Waals surface area (Å²) in [4.78, 5) is 51.4. The van der Waals surface area contributed by atoms with Crippen molar-refractivity contribution in [3.8, 4) is 0 Å². The highest BCUT2D eigenvalue weighted by Gasteiger charge is 2.15. The number of nitrogens with zero attached hydrogens (tertiary/aromatic N) is 1. The quantitative estimate of drug-likeness (QED) is 0.413. The second-order valence-electron chi connectivity index (χ2n) is 5.56. The molecule has 0 atom stereocenters. The fraction of sp³-hybridized carbons (Fsp3) is 0.211. The Hall–Kier alpha value is -3.53. The number of hydrogen-bond acceptors (Lipinski definition) is 9. The van der Waals surface area contributed by atoms with Crippen molar-refractivity contribution >= 4 is 46.9 Å². The van der Waals surface area contributed by atoms with Crippen LogP contribution in [0.4, 0.5) is 5.69 Å². The van der Waals surface area contributed by atoms with E-state index < -0.39 is 30.4 Å². The first-order valence-electron chi connectivity index (χ1n) is 8.21. The molecule has 9 nitrogen and oxygen atoms in total. The van der Waals surface area contributed by atoms with Crippen molar-refractivity contribution in [1.29, 1.82) is 0 Å². The predicted octanol–water partition coefficient (Wildman–Crippen LogP) is 2.22. The van der Waals surface area contributed by atoms with E-state index in [1.165, 1.54) is 49.8 Å². The summed E-state index contributed by atoms with van der Waals surface area (Å²) < 4.78 is 14.1. The molecule has 2 aromatic rings. The summed E-state index contributed by atoms with van der Waals surface area (Å²) in [6, 6.07) is 3.92. The van der Waals surface area contributed by atoms with Gasteiger partial charge in [0.15, 0.2) is 6.61 Å². The maximum atomic E-state index is 12.0. The maximum absolute atomic E-state index is 12.0. The van der Waals surface area contributed by atoms with E-state index in [0.29, 0.717) is 5.69 Å². The average Bonchev–Trinajstić information content (AvgIpc) is 3.14. The third-order valence-corrected chi connectivity index (χ3v) is 4.22. The van der Waals surface area contributed by atoms with E-state index >= 15 is 0 Å². The summed E-state index contributed by atoms with van der Waals surface area (Å²) in [5.41, 5.74) is 0.847. The van der Waals surface area contributed by atoms with E-state index in [1.807, 2.05) is 6.92 Å². The van der Waals surface area contributed by atoms with Gasteiger partial charge in [0.1, 0.15) is 0 Å². The zero-order chi connectivity index (χ0) is 21.4. The number of thiazole rings is 1. The molecule has 10 heteroatoms. The van der Waals surface area contributed by atoms with Gasteiger partial charge in [-0.15, -0.1) is 11.3 Å². The van der Waals surface area contributed by atoms with Crippen LogP contribution in [-0.4, -0.2) is 49.6 Å². The van der Waals surface area contributed by atoms with Gasteiger partial charge in [-0.25, -0.2) is 19.4 Å². The highest BCUT2D eigenvalue weighted by Crippen LogP contribution is 2.17. The van der Waals surface area contributed by atoms with E-state index in [-0.39, 0.29) is 16.8 Å². The Labute approximate surface area is 170 Å². The zero-order valence-corrected chi connectivity index (χ0v) is 16.7. The van der Waals surface area contributed by atoms with Crippen molar-refractivity contribution in [3.05, 3.63) is 51.5 Å². The average molecular weight is 418 g/mol. The molecule has 0 aliphatic rings. The smallest absolute Gasteiger partial charge is 0.337 e. The lowest BCUT2D eigenvalue weighted by atomic mass is 10.1. The fourth-order valence-electron chi connectivity index (χ4n) is 2.16. The molecule has 1 amide bonds. The van der Waals surface area contributed by atoms with Crippen LogP contribution >= 0.6 is 11.3 Å². The Bertz CT molecular complexity index is 931. The van der Waals surface area contributed by atoms with Gasteiger partial charge in [0.2, 0.25) is 0 Å². The zero-order valence-electron chi connectivity index (χ0n) is 15.9. The Morgan fingerprint density at radius 3 is 2.21 bits per heavy atom. The largest absolute Gasteiger partial charge is 0.465 e. The SMILES string of the molecule is COC(=O)c1cc(NC(=O)COC(=O)/C=C/c2csc(C)n2)cc(C(=O)OC)c1. The lowest BCUT2D eigenvalue weighted by molar-refractivity contribution is -0.142. The van der Waals surface area contributed by atoms with Crippen molar-refractivity contribution in [2.24, 2.45) is 0 Å². The number of esters is 3. The number of carbonyl (C=O) groups excluding carboxylic acids is 4. The Balaban J connectivity index is 2.00. The minimum atomic E-state index is -0.718. The van der Waals surface area contributed by atoms with Crippen molar-refractivity contribution in [1.82, 2.24) is 4.98 Å². The number of aryl methyl sites for hydroxylation is 1. The molecule has 0 aliphatic carbocycles. The standard InChI is InChI=1S/C19H18N2O7S/c1-11-20-14(10-29-11)4-5-17(23)28-9-16(22)21-15-7-12(18(24)26-2)6-13(8-15)19(25)27-3/h4-8,10H,9H2,1-3H3,(H,21,22)/b5-4+. The van der Waals surface area contributed by atoms with Gasteiger partial charge in [-0.1, -0.05) is 0 Å². The van der Waals surface area contributed by atoms with E-state index in [0.717, 1.165) is 11.1 Å². The number of anilines is 1. The number of amides is 1. The van der Waals surface area contributed by atoms with Gasteiger partial charge in [0.25, 0.3) is 5.91 Å². The van der Waals surface area contributed by atoms with Gasteiger partial charge in [-0.3, -0.25) is 4.79 Å². The summed E-state index contributed by atoms with van der Waals surface area (Å²) in [6.45, 7) is 1.28. The molecule has 0 saturated heterocycles. The number of nitrogens with one attached hydrogen (secondary N) is 1. The van der Waals surface area contributed by atoms with Crippen LogP contribution in [0.25, 0.3) is 6.08 Å². The third kappa shape index (κ3) is 6.54. The molecular weight excluding hydrogens is 400 g/mol. The van der Waals surface area contributed by atoms with Gasteiger partial charge in [-0.2, -0.15) is 0 Å². The number of aromatic nitrogens is 1. The molecule has 0 unspecified atom stereocenters. The van der Waals surface area contributed by atoms with Crippen LogP contribution in [0.2, 0.25) is 0 Å². The normalized spacial score (nSPS) is 10.4. The highest BCUT2D eigenvalue weighted by atomic mass is 32.1. The second kappa shape index (κ2) is 10.1. The van der Waals surface area contributed by atoms with Crippen LogP contribution < -0.4 is 5.32 Å². The Morgan fingerprint density at radius 2 is 1.69 bits per heavy atom. The van der Waals surface area contributed by atoms with Crippen LogP contribution in [0.5, 0.6) is 0 Å². The second-order valence-corrected chi connectivity index (χ2v) is 6.63. The summed E-state index contributed by atoms with van der Waals surface area (Å²) in [5, 5.41) is 5.08. The predicted molar refractivity (Wildman–Crippen MR) is 105 cm³/mol. The molecule has 152 valence electrons. The molecule has 1 N–H and O–H groups in total. The summed E-state index contributed by atoms with van der Waals surface area (Å²) >= 11 is 1.44. The van der Waals surface area contributed by atoms with Crippen LogP contribution in [-0.2, 0) is 23.8 Å². The van der Waals surface area contributed by atoms with Gasteiger partial charge in [0, 0.05) is 17.1 Å². The van der Waals surface area contributed by atoms with Crippen molar-refractivity contribution in [2.45, 2.75) is 6.92 Å². The van der Waals surface area contributed by atoms with E-state index in [4.69, 9.17) is 4.74 Å². The summed E-state index contributed by atoms with van der Waals surface area (Å²) in [7, 11) is 2.37. The minimum Gasteiger partial charge on any atom is -0.465 e. The monoisotopic (exact) mass is 418 g/mol. The van der Waals surface area contributed by atoms with Crippen molar-refractivity contribution < 1.29 is 33.4 Å². The molecule has 0 fully saturated rings.